The van der Waals surface area contributed by atoms with Gasteiger partial charge in [-0.05, 0) is 27.7 Å². The van der Waals surface area contributed by atoms with Gasteiger partial charge in [-0.2, -0.15) is 0 Å². The molecule has 0 aliphatic carbocycles. The van der Waals surface area contributed by atoms with Gasteiger partial charge in [0.2, 0.25) is 0 Å². The molecule has 0 radical (unpaired) electrons. The van der Waals surface area contributed by atoms with Gasteiger partial charge in [-0.25, -0.2) is 0 Å². The van der Waals surface area contributed by atoms with Crippen LogP contribution in [0, 0.1) is 5.82 Å². The number of rotatable bonds is 5. The zero-order valence-corrected chi connectivity index (χ0v) is 15.8. The Balaban J connectivity index is 1.75. The van der Waals surface area contributed by atoms with Crippen molar-refractivity contribution in [2.75, 3.05) is 18.0 Å². The summed E-state index contributed by atoms with van der Waals surface area (Å²) in [6, 6.07) is 4.44. The molecule has 2 heterocycles. The molecule has 2 saturated heterocycles. The topological polar surface area (TPSA) is 77.4 Å². The normalized spacial score (nSPS) is 23.7. The number of carbonyl (C=O) groups is 1. The van der Waals surface area contributed by atoms with E-state index in [2.05, 4.69) is 4.99 Å². The molecule has 2 aliphatic heterocycles. The summed E-state index contributed by atoms with van der Waals surface area (Å²) in [7, 11) is -0.265. The Morgan fingerprint density at radius 1 is 1.33 bits per heavy atom. The molecule has 3 rings (SSSR count). The van der Waals surface area contributed by atoms with E-state index in [4.69, 9.17) is 14.0 Å². The second-order valence-corrected chi connectivity index (χ2v) is 7.56. The van der Waals surface area contributed by atoms with Crippen LogP contribution in [0.25, 0.3) is 0 Å². The minimum atomic E-state index is -0.819. The van der Waals surface area contributed by atoms with Crippen molar-refractivity contribution in [1.82, 2.24) is 0 Å². The molecule has 1 atom stereocenters. The molecular weight excluding hydrogens is 353 g/mol. The summed E-state index contributed by atoms with van der Waals surface area (Å²) < 4.78 is 41.9. The van der Waals surface area contributed by atoms with Gasteiger partial charge in [-0.3, -0.25) is 0 Å². The van der Waals surface area contributed by atoms with Crippen molar-refractivity contribution >= 4 is 37.6 Å². The molecule has 0 aromatic heterocycles. The molecule has 0 saturated carbocycles. The molecule has 1 aromatic rings. The number of amides is 1. The van der Waals surface area contributed by atoms with Crippen LogP contribution in [-0.2, 0) is 18.8 Å². The molecule has 2 fully saturated rings. The third-order valence-corrected chi connectivity index (χ3v) is 5.15. The number of hydrogen-bond donors (Lipinski definition) is 0. The molecule has 1 amide bonds. The number of ether oxygens (including phenoxy) is 1. The summed E-state index contributed by atoms with van der Waals surface area (Å²) in [6.45, 7) is 7.98. The molecular formula is C17H21B2FN2O5. The third kappa shape index (κ3) is 3.82. The number of benzene rings is 1. The van der Waals surface area contributed by atoms with Crippen molar-refractivity contribution in [2.24, 2.45) is 4.99 Å². The quantitative estimate of drug-likeness (QED) is 0.577. The number of cyclic esters (lactones) is 1. The number of hydrogen-bond acceptors (Lipinski definition) is 6. The van der Waals surface area contributed by atoms with E-state index < -0.39 is 36.3 Å². The van der Waals surface area contributed by atoms with Crippen molar-refractivity contribution in [2.45, 2.75) is 45.0 Å². The zero-order chi connectivity index (χ0) is 19.8. The van der Waals surface area contributed by atoms with Gasteiger partial charge in [-0.1, -0.05) is 0 Å². The molecule has 7 nitrogen and oxygen atoms in total. The number of nitrogens with zero attached hydrogens (tertiary/aromatic N) is 2. The van der Waals surface area contributed by atoms with E-state index in [9.17, 15) is 13.9 Å². The second kappa shape index (κ2) is 7.16. The van der Waals surface area contributed by atoms with Crippen molar-refractivity contribution in [1.29, 1.82) is 0 Å². The fraction of sp³-hybridized carbons (Fsp3) is 0.529. The van der Waals surface area contributed by atoms with E-state index in [-0.39, 0.29) is 18.6 Å². The van der Waals surface area contributed by atoms with Crippen LogP contribution in [0.4, 0.5) is 14.9 Å². The van der Waals surface area contributed by atoms with Crippen molar-refractivity contribution in [3.05, 3.63) is 24.0 Å². The van der Waals surface area contributed by atoms with Crippen LogP contribution >= 0.6 is 0 Å². The predicted molar refractivity (Wildman–Crippen MR) is 99.5 cm³/mol. The first kappa shape index (κ1) is 19.7. The van der Waals surface area contributed by atoms with E-state index in [1.807, 2.05) is 27.7 Å². The maximum atomic E-state index is 14.7. The summed E-state index contributed by atoms with van der Waals surface area (Å²) in [5, 5.41) is 0. The monoisotopic (exact) mass is 374 g/mol. The van der Waals surface area contributed by atoms with Gasteiger partial charge in [0.25, 0.3) is 0 Å². The third-order valence-electron chi connectivity index (χ3n) is 5.15. The summed E-state index contributed by atoms with van der Waals surface area (Å²) in [5.41, 5.74) is -0.495. The molecule has 0 bridgehead atoms. The molecule has 27 heavy (non-hydrogen) atoms. The smallest absolute Gasteiger partial charge is 0.0348 e. The van der Waals surface area contributed by atoms with E-state index in [0.717, 1.165) is 6.11 Å². The van der Waals surface area contributed by atoms with E-state index in [1.54, 1.807) is 12.1 Å². The summed E-state index contributed by atoms with van der Waals surface area (Å²) in [4.78, 5) is 17.2. The summed E-state index contributed by atoms with van der Waals surface area (Å²) in [5.74, 6) is -0.527. The summed E-state index contributed by atoms with van der Waals surface area (Å²) in [6.07, 6.45) is 0.0406. The van der Waals surface area contributed by atoms with E-state index >= 15 is 0 Å². The first-order valence-electron chi connectivity index (χ1n) is 8.71. The average molecular weight is 374 g/mol. The van der Waals surface area contributed by atoms with Crippen LogP contribution in [-0.4, -0.2) is 56.9 Å². The first-order chi connectivity index (χ1) is 12.6. The number of anilines is 1. The van der Waals surface area contributed by atoms with Gasteiger partial charge in [0, 0.05) is 0 Å². The van der Waals surface area contributed by atoms with Crippen molar-refractivity contribution in [3.63, 3.8) is 0 Å². The van der Waals surface area contributed by atoms with Gasteiger partial charge in [0.1, 0.15) is 0 Å². The maximum absolute atomic E-state index is 14.7. The minimum Gasteiger partial charge on any atom is -0.0348 e. The Morgan fingerprint density at radius 2 is 2.00 bits per heavy atom. The fourth-order valence-corrected chi connectivity index (χ4v) is 2.89. The Bertz CT molecular complexity index is 771. The van der Waals surface area contributed by atoms with Gasteiger partial charge in [-0.15, -0.1) is 0 Å². The second-order valence-electron chi connectivity index (χ2n) is 7.56. The Hall–Kier alpha value is -2.06. The fourth-order valence-electron chi connectivity index (χ4n) is 2.89. The van der Waals surface area contributed by atoms with E-state index in [0.29, 0.717) is 12.8 Å². The van der Waals surface area contributed by atoms with Gasteiger partial charge >= 0.3 is 119 Å². The predicted octanol–water partition coefficient (Wildman–Crippen LogP) is 1.53. The van der Waals surface area contributed by atoms with Crippen molar-refractivity contribution in [3.8, 4) is 0 Å². The van der Waals surface area contributed by atoms with E-state index in [1.165, 1.54) is 11.0 Å². The minimum absolute atomic E-state index is 0.176. The van der Waals surface area contributed by atoms with Gasteiger partial charge in [0.15, 0.2) is 0 Å². The molecule has 2 aliphatic rings. The Morgan fingerprint density at radius 3 is 2.59 bits per heavy atom. The number of carbonyl (C=O) groups excluding carboxylic acids is 1. The van der Waals surface area contributed by atoms with Crippen LogP contribution in [0.3, 0.4) is 0 Å². The molecule has 1 aromatic carbocycles. The molecule has 10 heteroatoms. The molecule has 142 valence electrons. The Kier molecular flexibility index (Phi) is 5.22. The van der Waals surface area contributed by atoms with Crippen molar-refractivity contribution < 1.29 is 27.9 Å². The first-order valence-corrected chi connectivity index (χ1v) is 8.71. The van der Waals surface area contributed by atoms with Gasteiger partial charge in [0.05, 0.1) is 11.2 Å². The van der Waals surface area contributed by atoms with Crippen LogP contribution < -0.4 is 10.4 Å². The standard InChI is InChI=1S/C17H21B2FN2O5/c1-16(2)17(3,4)27-19(26-16)13-6-5-11(7-14(13)20)22-9-12(25-15(22)23)8-21-10-18-24/h5-7,10,12H,8-9H2,1-4H3. The van der Waals surface area contributed by atoms with Crippen LogP contribution in [0.15, 0.2) is 23.2 Å². The van der Waals surface area contributed by atoms with Gasteiger partial charge < -0.3 is 0 Å². The molecule has 0 N–H and O–H groups in total. The van der Waals surface area contributed by atoms with Crippen LogP contribution in [0.1, 0.15) is 27.7 Å². The number of aliphatic imine (C=N–C) groups is 1. The van der Waals surface area contributed by atoms with Crippen LogP contribution in [0.2, 0.25) is 0 Å². The van der Waals surface area contributed by atoms with Crippen LogP contribution in [0.5, 0.6) is 0 Å². The molecule has 1 unspecified atom stereocenters. The zero-order valence-electron chi connectivity index (χ0n) is 15.8. The Labute approximate surface area is 158 Å². The molecule has 0 spiro atoms. The summed E-state index contributed by atoms with van der Waals surface area (Å²) >= 11 is 0. The number of halogens is 1. The average Bonchev–Trinajstić information content (AvgIpc) is 3.04. The SMILES string of the molecule is CC1(C)OB(c2ccc(N3CC(CN=CB=O)OC3=O)cc2F)OC1(C)C.